The summed E-state index contributed by atoms with van der Waals surface area (Å²) in [5, 5.41) is 3.50. The highest BCUT2D eigenvalue weighted by atomic mass is 16.2. The first kappa shape index (κ1) is 16.2. The van der Waals surface area contributed by atoms with Gasteiger partial charge in [-0.2, -0.15) is 0 Å². The molecule has 0 radical (unpaired) electrons. The van der Waals surface area contributed by atoms with E-state index in [0.717, 1.165) is 57.8 Å². The predicted octanol–water partition coefficient (Wildman–Crippen LogP) is 1.61. The Balaban J connectivity index is 1.41. The molecule has 2 saturated heterocycles. The van der Waals surface area contributed by atoms with Crippen LogP contribution in [0, 0.1) is 5.92 Å². The molecule has 0 bridgehead atoms. The van der Waals surface area contributed by atoms with Gasteiger partial charge in [-0.15, -0.1) is 0 Å². The van der Waals surface area contributed by atoms with Crippen molar-refractivity contribution in [1.82, 2.24) is 19.8 Å². The largest absolute Gasteiger partial charge is 0.367 e. The molecule has 126 valence electrons. The standard InChI is InChI=1S/C17H27N5O/c1-14(23)22-8-2-3-15(12-22)11-21-9-5-16(6-10-21)20-17-4-7-18-13-19-17/h4,7,13,15-16H,2-3,5-6,8-12H2,1H3,(H,18,19,20). The number of nitrogens with zero attached hydrogens (tertiary/aromatic N) is 4. The molecule has 1 aromatic heterocycles. The topological polar surface area (TPSA) is 61.4 Å². The van der Waals surface area contributed by atoms with Gasteiger partial charge in [0, 0.05) is 51.9 Å². The molecule has 2 fully saturated rings. The second kappa shape index (κ2) is 7.73. The molecule has 1 atom stereocenters. The molecule has 1 N–H and O–H groups in total. The number of hydrogen-bond donors (Lipinski definition) is 1. The highest BCUT2D eigenvalue weighted by Crippen LogP contribution is 2.21. The number of rotatable bonds is 4. The third-order valence-corrected chi connectivity index (χ3v) is 5.00. The van der Waals surface area contributed by atoms with Crippen LogP contribution in [-0.4, -0.2) is 64.4 Å². The minimum absolute atomic E-state index is 0.224. The number of nitrogens with one attached hydrogen (secondary N) is 1. The smallest absolute Gasteiger partial charge is 0.219 e. The van der Waals surface area contributed by atoms with Crippen molar-refractivity contribution in [2.24, 2.45) is 5.92 Å². The Labute approximate surface area is 138 Å². The molecular formula is C17H27N5O. The van der Waals surface area contributed by atoms with Gasteiger partial charge in [0.25, 0.3) is 0 Å². The second-order valence-corrected chi connectivity index (χ2v) is 6.79. The third-order valence-electron chi connectivity index (χ3n) is 5.00. The molecule has 2 aliphatic heterocycles. The van der Waals surface area contributed by atoms with Crippen molar-refractivity contribution >= 4 is 11.7 Å². The maximum atomic E-state index is 11.5. The Morgan fingerprint density at radius 2 is 2.13 bits per heavy atom. The number of amides is 1. The fourth-order valence-electron chi connectivity index (χ4n) is 3.71. The minimum atomic E-state index is 0.224. The summed E-state index contributed by atoms with van der Waals surface area (Å²) in [7, 11) is 0. The summed E-state index contributed by atoms with van der Waals surface area (Å²) in [4.78, 5) is 24.3. The Hall–Kier alpha value is -1.69. The Bertz CT molecular complexity index is 501. The first-order chi connectivity index (χ1) is 11.2. The van der Waals surface area contributed by atoms with E-state index in [9.17, 15) is 4.79 Å². The monoisotopic (exact) mass is 317 g/mol. The van der Waals surface area contributed by atoms with Crippen LogP contribution in [0.3, 0.4) is 0 Å². The molecule has 0 aromatic carbocycles. The molecule has 1 unspecified atom stereocenters. The van der Waals surface area contributed by atoms with E-state index >= 15 is 0 Å². The summed E-state index contributed by atoms with van der Waals surface area (Å²) in [5.41, 5.74) is 0. The van der Waals surface area contributed by atoms with Crippen molar-refractivity contribution in [2.75, 3.05) is 38.0 Å². The lowest BCUT2D eigenvalue weighted by atomic mass is 9.95. The van der Waals surface area contributed by atoms with Crippen molar-refractivity contribution in [3.8, 4) is 0 Å². The molecule has 3 heterocycles. The Morgan fingerprint density at radius 3 is 2.83 bits per heavy atom. The van der Waals surface area contributed by atoms with Crippen molar-refractivity contribution in [3.63, 3.8) is 0 Å². The van der Waals surface area contributed by atoms with Crippen molar-refractivity contribution in [1.29, 1.82) is 0 Å². The molecule has 23 heavy (non-hydrogen) atoms. The van der Waals surface area contributed by atoms with E-state index in [1.807, 2.05) is 11.0 Å². The van der Waals surface area contributed by atoms with E-state index in [-0.39, 0.29) is 5.91 Å². The molecule has 2 aliphatic rings. The van der Waals surface area contributed by atoms with Gasteiger partial charge in [0.1, 0.15) is 12.1 Å². The van der Waals surface area contributed by atoms with Gasteiger partial charge in [0.05, 0.1) is 0 Å². The number of hydrogen-bond acceptors (Lipinski definition) is 5. The van der Waals surface area contributed by atoms with Gasteiger partial charge in [-0.05, 0) is 37.7 Å². The molecule has 1 amide bonds. The van der Waals surface area contributed by atoms with E-state index < -0.39 is 0 Å². The normalized spacial score (nSPS) is 23.7. The van der Waals surface area contributed by atoms with Crippen LogP contribution in [0.5, 0.6) is 0 Å². The van der Waals surface area contributed by atoms with Crippen LogP contribution < -0.4 is 5.32 Å². The quantitative estimate of drug-likeness (QED) is 0.914. The fraction of sp³-hybridized carbons (Fsp3) is 0.706. The number of aromatic nitrogens is 2. The zero-order valence-electron chi connectivity index (χ0n) is 13.9. The molecule has 0 aliphatic carbocycles. The van der Waals surface area contributed by atoms with Gasteiger partial charge in [0.15, 0.2) is 0 Å². The third kappa shape index (κ3) is 4.64. The summed E-state index contributed by atoms with van der Waals surface area (Å²) in [6.45, 7) is 6.94. The summed E-state index contributed by atoms with van der Waals surface area (Å²) in [5.74, 6) is 1.78. The van der Waals surface area contributed by atoms with Crippen molar-refractivity contribution in [3.05, 3.63) is 18.6 Å². The number of piperidine rings is 2. The van der Waals surface area contributed by atoms with Gasteiger partial charge in [-0.1, -0.05) is 0 Å². The average molecular weight is 317 g/mol. The number of likely N-dealkylation sites (tertiary alicyclic amines) is 2. The summed E-state index contributed by atoms with van der Waals surface area (Å²) >= 11 is 0. The first-order valence-corrected chi connectivity index (χ1v) is 8.71. The Morgan fingerprint density at radius 1 is 1.30 bits per heavy atom. The lowest BCUT2D eigenvalue weighted by Crippen LogP contribution is -2.46. The summed E-state index contributed by atoms with van der Waals surface area (Å²) in [6.07, 6.45) is 8.05. The van der Waals surface area contributed by atoms with Gasteiger partial charge in [-0.3, -0.25) is 4.79 Å². The molecule has 1 aromatic rings. The zero-order chi connectivity index (χ0) is 16.1. The number of carbonyl (C=O) groups excluding carboxylic acids is 1. The lowest BCUT2D eigenvalue weighted by molar-refractivity contribution is -0.130. The van der Waals surface area contributed by atoms with E-state index in [4.69, 9.17) is 0 Å². The van der Waals surface area contributed by atoms with Crippen molar-refractivity contribution < 1.29 is 4.79 Å². The first-order valence-electron chi connectivity index (χ1n) is 8.71. The van der Waals surface area contributed by atoms with Gasteiger partial charge >= 0.3 is 0 Å². The predicted molar refractivity (Wildman–Crippen MR) is 90.1 cm³/mol. The molecule has 0 saturated carbocycles. The molecule has 6 heteroatoms. The molecule has 3 rings (SSSR count). The number of anilines is 1. The van der Waals surface area contributed by atoms with Crippen LogP contribution in [0.1, 0.15) is 32.6 Å². The lowest BCUT2D eigenvalue weighted by Gasteiger charge is -2.38. The number of carbonyl (C=O) groups is 1. The summed E-state index contributed by atoms with van der Waals surface area (Å²) < 4.78 is 0. The van der Waals surface area contributed by atoms with E-state index in [1.54, 1.807) is 19.4 Å². The fourth-order valence-corrected chi connectivity index (χ4v) is 3.71. The van der Waals surface area contributed by atoms with E-state index in [2.05, 4.69) is 20.2 Å². The zero-order valence-corrected chi connectivity index (χ0v) is 13.9. The maximum absolute atomic E-state index is 11.5. The van der Waals surface area contributed by atoms with Gasteiger partial charge in [0.2, 0.25) is 5.91 Å². The highest BCUT2D eigenvalue weighted by molar-refractivity contribution is 5.73. The van der Waals surface area contributed by atoms with Crippen LogP contribution in [0.15, 0.2) is 18.6 Å². The van der Waals surface area contributed by atoms with Crippen LogP contribution in [-0.2, 0) is 4.79 Å². The van der Waals surface area contributed by atoms with Crippen molar-refractivity contribution in [2.45, 2.75) is 38.6 Å². The maximum Gasteiger partial charge on any atom is 0.219 e. The summed E-state index contributed by atoms with van der Waals surface area (Å²) in [6, 6.07) is 2.42. The van der Waals surface area contributed by atoms with E-state index in [0.29, 0.717) is 12.0 Å². The highest BCUT2D eigenvalue weighted by Gasteiger charge is 2.26. The van der Waals surface area contributed by atoms with Crippen LogP contribution in [0.4, 0.5) is 5.82 Å². The second-order valence-electron chi connectivity index (χ2n) is 6.79. The van der Waals surface area contributed by atoms with E-state index in [1.165, 1.54) is 6.42 Å². The Kier molecular flexibility index (Phi) is 5.43. The van der Waals surface area contributed by atoms with Crippen LogP contribution in [0.25, 0.3) is 0 Å². The SMILES string of the molecule is CC(=O)N1CCCC(CN2CCC(Nc3ccncn3)CC2)C1. The average Bonchev–Trinajstić information content (AvgIpc) is 2.58. The van der Waals surface area contributed by atoms with Crippen LogP contribution in [0.2, 0.25) is 0 Å². The van der Waals surface area contributed by atoms with Gasteiger partial charge < -0.3 is 15.1 Å². The molecule has 6 nitrogen and oxygen atoms in total. The van der Waals surface area contributed by atoms with Gasteiger partial charge in [-0.25, -0.2) is 9.97 Å². The molecule has 0 spiro atoms. The van der Waals surface area contributed by atoms with Crippen LogP contribution >= 0.6 is 0 Å². The minimum Gasteiger partial charge on any atom is -0.367 e. The molecular weight excluding hydrogens is 290 g/mol.